The Hall–Kier alpha value is -4.14. The molecular formula is C22H21N5O4. The molecule has 0 aliphatic heterocycles. The maximum atomic E-state index is 13.1. The summed E-state index contributed by atoms with van der Waals surface area (Å²) in [4.78, 5) is 34.2. The van der Waals surface area contributed by atoms with Gasteiger partial charge >= 0.3 is 5.69 Å². The summed E-state index contributed by atoms with van der Waals surface area (Å²) in [7, 11) is 3.13. The van der Waals surface area contributed by atoms with Crippen LogP contribution in [0.5, 0.6) is 11.5 Å². The minimum absolute atomic E-state index is 0.0277. The molecule has 2 heterocycles. The van der Waals surface area contributed by atoms with Gasteiger partial charge in [-0.2, -0.15) is 0 Å². The number of ether oxygens (including phenoxy) is 2. The van der Waals surface area contributed by atoms with Gasteiger partial charge in [0.05, 0.1) is 19.4 Å². The van der Waals surface area contributed by atoms with E-state index in [-0.39, 0.29) is 28.4 Å². The second kappa shape index (κ2) is 7.94. The zero-order valence-electron chi connectivity index (χ0n) is 17.3. The Balaban J connectivity index is 1.98. The largest absolute Gasteiger partial charge is 0.497 e. The first-order valence-corrected chi connectivity index (χ1v) is 9.61. The molecule has 0 unspecified atom stereocenters. The SMILES string of the molecule is CCOc1ccc(-n2c(=O)n(C)c3c(C(N)=O)nc(-c4ccc(OC)cc4)nc32)cc1. The first kappa shape index (κ1) is 20.1. The fraction of sp³-hybridized carbons (Fsp3) is 0.182. The maximum Gasteiger partial charge on any atom is 0.334 e. The van der Waals surface area contributed by atoms with E-state index in [1.54, 1.807) is 62.7 Å². The molecule has 0 saturated heterocycles. The molecule has 2 aromatic carbocycles. The fourth-order valence-electron chi connectivity index (χ4n) is 3.38. The van der Waals surface area contributed by atoms with Crippen LogP contribution in [0.4, 0.5) is 0 Å². The highest BCUT2D eigenvalue weighted by atomic mass is 16.5. The molecular weight excluding hydrogens is 398 g/mol. The number of aryl methyl sites for hydroxylation is 1. The number of methoxy groups -OCH3 is 1. The summed E-state index contributed by atoms with van der Waals surface area (Å²) >= 11 is 0. The van der Waals surface area contributed by atoms with Crippen LogP contribution in [0.15, 0.2) is 53.3 Å². The van der Waals surface area contributed by atoms with Crippen LogP contribution in [0.3, 0.4) is 0 Å². The van der Waals surface area contributed by atoms with Gasteiger partial charge in [0.1, 0.15) is 17.0 Å². The van der Waals surface area contributed by atoms with Crippen molar-refractivity contribution < 1.29 is 14.3 Å². The van der Waals surface area contributed by atoms with Crippen LogP contribution in [0.25, 0.3) is 28.2 Å². The lowest BCUT2D eigenvalue weighted by Crippen LogP contribution is -2.21. The molecule has 0 spiro atoms. The predicted molar refractivity (Wildman–Crippen MR) is 116 cm³/mol. The molecule has 0 aliphatic carbocycles. The fourth-order valence-corrected chi connectivity index (χ4v) is 3.38. The molecule has 9 nitrogen and oxygen atoms in total. The Kier molecular flexibility index (Phi) is 5.16. The van der Waals surface area contributed by atoms with Crippen molar-refractivity contribution in [3.05, 3.63) is 64.7 Å². The van der Waals surface area contributed by atoms with E-state index in [0.717, 1.165) is 0 Å². The third-order valence-corrected chi connectivity index (χ3v) is 4.88. The Morgan fingerprint density at radius 3 is 2.26 bits per heavy atom. The highest BCUT2D eigenvalue weighted by molar-refractivity contribution is 6.02. The lowest BCUT2D eigenvalue weighted by molar-refractivity contribution is 0.0997. The number of nitrogens with two attached hydrogens (primary N) is 1. The molecule has 0 atom stereocenters. The summed E-state index contributed by atoms with van der Waals surface area (Å²) < 4.78 is 13.4. The van der Waals surface area contributed by atoms with Gasteiger partial charge in [0.2, 0.25) is 0 Å². The molecule has 0 fully saturated rings. The third kappa shape index (κ3) is 3.50. The van der Waals surface area contributed by atoms with Crippen molar-refractivity contribution in [1.29, 1.82) is 0 Å². The molecule has 0 bridgehead atoms. The van der Waals surface area contributed by atoms with Gasteiger partial charge in [-0.3, -0.25) is 9.36 Å². The number of primary amides is 1. The Morgan fingerprint density at radius 2 is 1.68 bits per heavy atom. The molecule has 0 radical (unpaired) electrons. The third-order valence-electron chi connectivity index (χ3n) is 4.88. The minimum atomic E-state index is -0.749. The lowest BCUT2D eigenvalue weighted by Gasteiger charge is -2.08. The molecule has 0 aliphatic rings. The van der Waals surface area contributed by atoms with Gasteiger partial charge in [-0.15, -0.1) is 0 Å². The summed E-state index contributed by atoms with van der Waals surface area (Å²) in [5.41, 5.74) is 6.98. The van der Waals surface area contributed by atoms with Crippen molar-refractivity contribution in [2.24, 2.45) is 12.8 Å². The second-order valence-electron chi connectivity index (χ2n) is 6.76. The number of fused-ring (bicyclic) bond motifs is 1. The minimum Gasteiger partial charge on any atom is -0.497 e. The van der Waals surface area contributed by atoms with Crippen LogP contribution >= 0.6 is 0 Å². The molecule has 0 saturated carbocycles. The van der Waals surface area contributed by atoms with Crippen molar-refractivity contribution in [3.63, 3.8) is 0 Å². The monoisotopic (exact) mass is 419 g/mol. The number of carbonyl (C=O) groups is 1. The highest BCUT2D eigenvalue weighted by Gasteiger charge is 2.22. The lowest BCUT2D eigenvalue weighted by atomic mass is 10.2. The van der Waals surface area contributed by atoms with Gasteiger partial charge in [-0.25, -0.2) is 19.3 Å². The smallest absolute Gasteiger partial charge is 0.334 e. The molecule has 1 amide bonds. The van der Waals surface area contributed by atoms with E-state index >= 15 is 0 Å². The highest BCUT2D eigenvalue weighted by Crippen LogP contribution is 2.25. The van der Waals surface area contributed by atoms with E-state index < -0.39 is 5.91 Å². The van der Waals surface area contributed by atoms with Crippen LogP contribution in [-0.4, -0.2) is 38.7 Å². The van der Waals surface area contributed by atoms with Crippen molar-refractivity contribution >= 4 is 17.1 Å². The Labute approximate surface area is 177 Å². The average molecular weight is 419 g/mol. The number of imidazole rings is 1. The van der Waals surface area contributed by atoms with Gasteiger partial charge in [0, 0.05) is 12.6 Å². The average Bonchev–Trinajstić information content (AvgIpc) is 3.04. The zero-order valence-corrected chi connectivity index (χ0v) is 17.3. The van der Waals surface area contributed by atoms with Gasteiger partial charge in [-0.05, 0) is 55.5 Å². The maximum absolute atomic E-state index is 13.1. The van der Waals surface area contributed by atoms with Crippen molar-refractivity contribution in [2.45, 2.75) is 6.92 Å². The van der Waals surface area contributed by atoms with Crippen LogP contribution in [0.2, 0.25) is 0 Å². The molecule has 2 aromatic heterocycles. The van der Waals surface area contributed by atoms with Crippen molar-refractivity contribution in [3.8, 4) is 28.6 Å². The number of nitrogens with zero attached hydrogens (tertiary/aromatic N) is 4. The van der Waals surface area contributed by atoms with E-state index in [4.69, 9.17) is 15.2 Å². The topological polar surface area (TPSA) is 114 Å². The Morgan fingerprint density at radius 1 is 1.03 bits per heavy atom. The quantitative estimate of drug-likeness (QED) is 0.513. The normalized spacial score (nSPS) is 10.9. The van der Waals surface area contributed by atoms with Crippen molar-refractivity contribution in [1.82, 2.24) is 19.1 Å². The number of benzene rings is 2. The number of hydrogen-bond donors (Lipinski definition) is 1. The van der Waals surface area contributed by atoms with Crippen LogP contribution in [0, 0.1) is 0 Å². The van der Waals surface area contributed by atoms with Gasteiger partial charge < -0.3 is 15.2 Å². The Bertz CT molecular complexity index is 1320. The van der Waals surface area contributed by atoms with Crippen LogP contribution in [-0.2, 0) is 7.05 Å². The molecule has 9 heteroatoms. The summed E-state index contributed by atoms with van der Waals surface area (Å²) in [5, 5.41) is 0. The van der Waals surface area contributed by atoms with E-state index in [1.807, 2.05) is 6.92 Å². The molecule has 158 valence electrons. The first-order valence-electron chi connectivity index (χ1n) is 9.61. The summed E-state index contributed by atoms with van der Waals surface area (Å²) in [6.07, 6.45) is 0. The standard InChI is InChI=1S/C22H21N5O4/c1-4-31-16-11-7-14(8-12-16)27-21-18(26(2)22(27)29)17(19(23)28)24-20(25-21)13-5-9-15(30-3)10-6-13/h5-12H,4H2,1-3H3,(H2,23,28). The van der Waals surface area contributed by atoms with E-state index in [2.05, 4.69) is 9.97 Å². The number of rotatable bonds is 6. The number of carbonyl (C=O) groups excluding carboxylic acids is 1. The van der Waals surface area contributed by atoms with Crippen LogP contribution in [0.1, 0.15) is 17.4 Å². The summed E-state index contributed by atoms with van der Waals surface area (Å²) in [6, 6.07) is 14.1. The predicted octanol–water partition coefficient (Wildman–Crippen LogP) is 2.29. The summed E-state index contributed by atoms with van der Waals surface area (Å²) in [5.74, 6) is 0.882. The molecule has 31 heavy (non-hydrogen) atoms. The van der Waals surface area contributed by atoms with Gasteiger partial charge in [-0.1, -0.05) is 0 Å². The molecule has 4 aromatic rings. The zero-order chi connectivity index (χ0) is 22.1. The van der Waals surface area contributed by atoms with Gasteiger partial charge in [0.25, 0.3) is 5.91 Å². The number of amides is 1. The van der Waals surface area contributed by atoms with Crippen molar-refractivity contribution in [2.75, 3.05) is 13.7 Å². The molecule has 2 N–H and O–H groups in total. The number of aromatic nitrogens is 4. The van der Waals surface area contributed by atoms with E-state index in [0.29, 0.717) is 29.4 Å². The molecule has 4 rings (SSSR count). The van der Waals surface area contributed by atoms with Gasteiger partial charge in [0.15, 0.2) is 17.2 Å². The van der Waals surface area contributed by atoms with E-state index in [1.165, 1.54) is 9.13 Å². The van der Waals surface area contributed by atoms with E-state index in [9.17, 15) is 9.59 Å². The second-order valence-corrected chi connectivity index (χ2v) is 6.76. The summed E-state index contributed by atoms with van der Waals surface area (Å²) in [6.45, 7) is 2.43. The van der Waals surface area contributed by atoms with Crippen LogP contribution < -0.4 is 20.9 Å². The number of hydrogen-bond acceptors (Lipinski definition) is 6. The first-order chi connectivity index (χ1) is 14.9.